The molecule has 1 N–H and O–H groups in total. The maximum atomic E-state index is 8.67. The Morgan fingerprint density at radius 1 is 1.36 bits per heavy atom. The summed E-state index contributed by atoms with van der Waals surface area (Å²) in [6.45, 7) is 0.563. The first-order valence-electron chi connectivity index (χ1n) is 4.08. The van der Waals surface area contributed by atoms with Crippen molar-refractivity contribution in [3.63, 3.8) is 0 Å². The van der Waals surface area contributed by atoms with Gasteiger partial charge in [0.05, 0.1) is 11.0 Å². The van der Waals surface area contributed by atoms with Crippen LogP contribution in [0.4, 0.5) is 5.69 Å². The molecule has 1 heterocycles. The summed E-state index contributed by atoms with van der Waals surface area (Å²) in [5, 5.41) is 21.9. The molecule has 0 fully saturated rings. The Labute approximate surface area is 80.4 Å². The summed E-state index contributed by atoms with van der Waals surface area (Å²) in [7, 11) is 0. The van der Waals surface area contributed by atoms with Gasteiger partial charge in [-0.3, -0.25) is 4.99 Å². The number of benzene rings is 1. The van der Waals surface area contributed by atoms with Gasteiger partial charge in [-0.05, 0) is 12.1 Å². The summed E-state index contributed by atoms with van der Waals surface area (Å²) in [5.41, 5.74) is 1.01. The molecule has 0 bridgehead atoms. The molecule has 0 amide bonds. The second-order valence-corrected chi connectivity index (χ2v) is 2.82. The van der Waals surface area contributed by atoms with E-state index >= 15 is 0 Å². The Bertz CT molecular complexity index is 556. The van der Waals surface area contributed by atoms with E-state index in [1.165, 1.54) is 0 Å². The molecular weight excluding hydrogens is 176 g/mol. The normalized spacial score (nSPS) is 11.6. The van der Waals surface area contributed by atoms with Crippen LogP contribution in [-0.2, 0) is 0 Å². The molecule has 0 radical (unpaired) electrons. The molecule has 0 atom stereocenters. The van der Waals surface area contributed by atoms with E-state index in [0.717, 1.165) is 11.0 Å². The number of nitriles is 2. The average Bonchev–Trinajstić information content (AvgIpc) is 2.66. The Hall–Kier alpha value is -2.33. The van der Waals surface area contributed by atoms with E-state index < -0.39 is 0 Å². The van der Waals surface area contributed by atoms with Crippen molar-refractivity contribution in [2.24, 2.45) is 4.99 Å². The van der Waals surface area contributed by atoms with Crippen LogP contribution < -0.4 is 15.9 Å². The van der Waals surface area contributed by atoms with E-state index in [2.05, 4.69) is 10.3 Å². The molecule has 1 aromatic rings. The van der Waals surface area contributed by atoms with Crippen LogP contribution in [0.1, 0.15) is 0 Å². The smallest absolute Gasteiger partial charge is 0.136 e. The lowest BCUT2D eigenvalue weighted by atomic mass is 10.2. The standard InChI is InChI=1S/C10H6N4/c11-4-8(5-12)7-1-2-9-10(3-7)14-6-13-9/h1-3,14H,6H2. The van der Waals surface area contributed by atoms with Crippen molar-refractivity contribution in [1.29, 1.82) is 10.5 Å². The zero-order valence-corrected chi connectivity index (χ0v) is 7.28. The Balaban J connectivity index is 2.74. The van der Waals surface area contributed by atoms with E-state index in [0.29, 0.717) is 11.9 Å². The van der Waals surface area contributed by atoms with Crippen molar-refractivity contribution in [3.8, 4) is 12.1 Å². The second kappa shape index (κ2) is 3.20. The van der Waals surface area contributed by atoms with Crippen LogP contribution in [0.15, 0.2) is 23.2 Å². The van der Waals surface area contributed by atoms with E-state index in [-0.39, 0.29) is 5.57 Å². The quantitative estimate of drug-likeness (QED) is 0.608. The van der Waals surface area contributed by atoms with Crippen LogP contribution in [-0.4, -0.2) is 6.67 Å². The van der Waals surface area contributed by atoms with Crippen LogP contribution in [0.5, 0.6) is 0 Å². The minimum absolute atomic E-state index is 0.126. The van der Waals surface area contributed by atoms with Gasteiger partial charge in [-0.25, -0.2) is 0 Å². The summed E-state index contributed by atoms with van der Waals surface area (Å²) in [6.07, 6.45) is 0. The number of hydrogen-bond donors (Lipinski definition) is 1. The summed E-state index contributed by atoms with van der Waals surface area (Å²) < 4.78 is 0. The van der Waals surface area contributed by atoms with Crippen molar-refractivity contribution in [2.45, 2.75) is 0 Å². The molecule has 0 saturated carbocycles. The molecule has 66 valence electrons. The highest BCUT2D eigenvalue weighted by Crippen LogP contribution is 2.00. The van der Waals surface area contributed by atoms with Gasteiger partial charge in [-0.15, -0.1) is 0 Å². The zero-order valence-electron chi connectivity index (χ0n) is 7.28. The van der Waals surface area contributed by atoms with Crippen molar-refractivity contribution >= 4 is 11.3 Å². The fraction of sp³-hybridized carbons (Fsp3) is 0.100. The lowest BCUT2D eigenvalue weighted by molar-refractivity contribution is 1.16. The first-order chi connectivity index (χ1) is 6.85. The Morgan fingerprint density at radius 3 is 2.86 bits per heavy atom. The Morgan fingerprint density at radius 2 is 2.14 bits per heavy atom. The zero-order chi connectivity index (χ0) is 9.97. The molecule has 0 aliphatic carbocycles. The third-order valence-electron chi connectivity index (χ3n) is 2.03. The predicted molar refractivity (Wildman–Crippen MR) is 50.3 cm³/mol. The highest BCUT2D eigenvalue weighted by Gasteiger charge is 2.02. The molecule has 1 aromatic carbocycles. The van der Waals surface area contributed by atoms with Gasteiger partial charge in [0, 0.05) is 5.22 Å². The maximum Gasteiger partial charge on any atom is 0.136 e. The number of fused-ring (bicyclic) bond motifs is 1. The summed E-state index contributed by atoms with van der Waals surface area (Å²) in [5.74, 6) is 0. The van der Waals surface area contributed by atoms with E-state index in [1.807, 2.05) is 12.1 Å². The lowest BCUT2D eigenvalue weighted by Crippen LogP contribution is -2.11. The second-order valence-electron chi connectivity index (χ2n) is 2.82. The van der Waals surface area contributed by atoms with Crippen molar-refractivity contribution in [1.82, 2.24) is 0 Å². The van der Waals surface area contributed by atoms with Gasteiger partial charge < -0.3 is 5.32 Å². The highest BCUT2D eigenvalue weighted by molar-refractivity contribution is 5.73. The lowest BCUT2D eigenvalue weighted by Gasteiger charge is -1.94. The number of nitrogens with one attached hydrogen (secondary N) is 1. The molecule has 0 unspecified atom stereocenters. The van der Waals surface area contributed by atoms with Crippen LogP contribution in [0, 0.1) is 22.7 Å². The number of hydrogen-bond acceptors (Lipinski definition) is 4. The number of anilines is 1. The monoisotopic (exact) mass is 182 g/mol. The molecule has 0 spiro atoms. The minimum atomic E-state index is 0.126. The summed E-state index contributed by atoms with van der Waals surface area (Å²) in [6, 6.07) is 9.02. The number of rotatable bonds is 0. The molecule has 1 aliphatic heterocycles. The molecule has 2 rings (SSSR count). The SMILES string of the molecule is N#CC(C#N)=c1ccc2c(c1)NCN=2. The Kier molecular flexibility index (Phi) is 1.89. The van der Waals surface area contributed by atoms with E-state index in [9.17, 15) is 0 Å². The van der Waals surface area contributed by atoms with Crippen LogP contribution in [0.3, 0.4) is 0 Å². The summed E-state index contributed by atoms with van der Waals surface area (Å²) in [4.78, 5) is 4.17. The molecule has 4 heteroatoms. The molecule has 4 nitrogen and oxygen atoms in total. The van der Waals surface area contributed by atoms with Crippen LogP contribution in [0.2, 0.25) is 0 Å². The predicted octanol–water partition coefficient (Wildman–Crippen LogP) is -0.113. The van der Waals surface area contributed by atoms with Crippen LogP contribution in [0.25, 0.3) is 5.57 Å². The van der Waals surface area contributed by atoms with Gasteiger partial charge in [0.15, 0.2) is 0 Å². The van der Waals surface area contributed by atoms with Crippen LogP contribution >= 0.6 is 0 Å². The maximum absolute atomic E-state index is 8.67. The molecule has 0 aromatic heterocycles. The summed E-state index contributed by atoms with van der Waals surface area (Å²) >= 11 is 0. The van der Waals surface area contributed by atoms with Crippen molar-refractivity contribution in [3.05, 3.63) is 28.8 Å². The molecule has 0 saturated heterocycles. The first kappa shape index (κ1) is 8.28. The molecule has 1 aliphatic rings. The first-order valence-corrected chi connectivity index (χ1v) is 4.08. The van der Waals surface area contributed by atoms with Crippen molar-refractivity contribution < 1.29 is 0 Å². The third kappa shape index (κ3) is 1.19. The average molecular weight is 182 g/mol. The van der Waals surface area contributed by atoms with E-state index in [4.69, 9.17) is 10.5 Å². The van der Waals surface area contributed by atoms with Gasteiger partial charge in [0.2, 0.25) is 0 Å². The highest BCUT2D eigenvalue weighted by atomic mass is 15.1. The minimum Gasteiger partial charge on any atom is -0.364 e. The topological polar surface area (TPSA) is 72.0 Å². The van der Waals surface area contributed by atoms with Crippen molar-refractivity contribution in [2.75, 3.05) is 12.0 Å². The van der Waals surface area contributed by atoms with Gasteiger partial charge in [0.25, 0.3) is 0 Å². The van der Waals surface area contributed by atoms with Gasteiger partial charge >= 0.3 is 0 Å². The number of nitrogens with zero attached hydrogens (tertiary/aromatic N) is 3. The largest absolute Gasteiger partial charge is 0.364 e. The van der Waals surface area contributed by atoms with Gasteiger partial charge in [-0.1, -0.05) is 6.07 Å². The van der Waals surface area contributed by atoms with Gasteiger partial charge in [0.1, 0.15) is 24.4 Å². The fourth-order valence-electron chi connectivity index (χ4n) is 1.33. The van der Waals surface area contributed by atoms with E-state index in [1.54, 1.807) is 18.2 Å². The fourth-order valence-corrected chi connectivity index (χ4v) is 1.33. The molecular formula is C10H6N4. The third-order valence-corrected chi connectivity index (χ3v) is 2.03. The molecule has 14 heavy (non-hydrogen) atoms. The van der Waals surface area contributed by atoms with Gasteiger partial charge in [-0.2, -0.15) is 10.5 Å².